The molecule has 2 aromatic rings. The van der Waals surface area contributed by atoms with E-state index in [1.54, 1.807) is 17.0 Å². The van der Waals surface area contributed by atoms with Crippen LogP contribution >= 0.6 is 0 Å². The number of carbonyl (C=O) groups excluding carboxylic acids is 1. The molecule has 28 heavy (non-hydrogen) atoms. The van der Waals surface area contributed by atoms with Crippen molar-refractivity contribution in [3.05, 3.63) is 65.7 Å². The second-order valence-electron chi connectivity index (χ2n) is 7.16. The van der Waals surface area contributed by atoms with Gasteiger partial charge in [-0.15, -0.1) is 0 Å². The Hall–Kier alpha value is -2.22. The molecule has 148 valence electrons. The van der Waals surface area contributed by atoms with E-state index in [4.69, 9.17) is 4.74 Å². The molecule has 2 saturated heterocycles. The maximum absolute atomic E-state index is 12.9. The van der Waals surface area contributed by atoms with Crippen LogP contribution in [-0.4, -0.2) is 56.3 Å². The molecule has 0 N–H and O–H groups in total. The van der Waals surface area contributed by atoms with Gasteiger partial charge in [0.25, 0.3) is 5.91 Å². The molecular weight excluding hydrogens is 376 g/mol. The highest BCUT2D eigenvalue weighted by molar-refractivity contribution is 7.89. The van der Waals surface area contributed by atoms with Gasteiger partial charge in [0.2, 0.25) is 10.0 Å². The van der Waals surface area contributed by atoms with Gasteiger partial charge in [0.15, 0.2) is 0 Å². The topological polar surface area (TPSA) is 66.9 Å². The molecule has 2 heterocycles. The largest absolute Gasteiger partial charge is 0.370 e. The molecule has 0 radical (unpaired) electrons. The van der Waals surface area contributed by atoms with Crippen molar-refractivity contribution in [3.63, 3.8) is 0 Å². The first-order chi connectivity index (χ1) is 13.6. The zero-order valence-corrected chi connectivity index (χ0v) is 16.5. The molecular formula is C21H24N2O4S. The van der Waals surface area contributed by atoms with Gasteiger partial charge in [-0.05, 0) is 42.7 Å². The number of rotatable bonds is 4. The van der Waals surface area contributed by atoms with E-state index in [2.05, 4.69) is 0 Å². The Bertz CT molecular complexity index is 923. The van der Waals surface area contributed by atoms with Crippen molar-refractivity contribution in [2.75, 3.05) is 32.8 Å². The number of sulfonamides is 1. The molecule has 2 aliphatic heterocycles. The van der Waals surface area contributed by atoms with Crippen molar-refractivity contribution in [1.29, 1.82) is 0 Å². The Morgan fingerprint density at radius 1 is 0.929 bits per heavy atom. The third kappa shape index (κ3) is 3.83. The van der Waals surface area contributed by atoms with Crippen LogP contribution in [0.25, 0.3) is 0 Å². The number of amides is 1. The first kappa shape index (κ1) is 19.1. The van der Waals surface area contributed by atoms with Crippen LogP contribution in [0.5, 0.6) is 0 Å². The zero-order valence-electron chi connectivity index (χ0n) is 15.7. The molecule has 2 aromatic carbocycles. The lowest BCUT2D eigenvalue weighted by Gasteiger charge is -2.33. The van der Waals surface area contributed by atoms with E-state index < -0.39 is 10.0 Å². The first-order valence-electron chi connectivity index (χ1n) is 9.62. The Kier molecular flexibility index (Phi) is 5.48. The predicted molar refractivity (Wildman–Crippen MR) is 105 cm³/mol. The highest BCUT2D eigenvalue weighted by Crippen LogP contribution is 2.24. The van der Waals surface area contributed by atoms with Gasteiger partial charge >= 0.3 is 0 Å². The monoisotopic (exact) mass is 400 g/mol. The summed E-state index contributed by atoms with van der Waals surface area (Å²) < 4.78 is 32.6. The van der Waals surface area contributed by atoms with E-state index in [1.165, 1.54) is 16.4 Å². The molecule has 0 aliphatic carbocycles. The Morgan fingerprint density at radius 2 is 1.61 bits per heavy atom. The standard InChI is InChI=1S/C21H24N2O4S/c24-21(22-14-15-27-20(16-22)17-6-2-1-3-7-17)18-8-10-19(11-9-18)28(25,26)23-12-4-5-13-23/h1-3,6-11,20H,4-5,12-16H2. The lowest BCUT2D eigenvalue weighted by molar-refractivity contribution is -0.0228. The summed E-state index contributed by atoms with van der Waals surface area (Å²) in [6, 6.07) is 16.2. The van der Waals surface area contributed by atoms with Crippen molar-refractivity contribution in [2.24, 2.45) is 0 Å². The van der Waals surface area contributed by atoms with Crippen LogP contribution in [0.3, 0.4) is 0 Å². The molecule has 4 rings (SSSR count). The minimum atomic E-state index is -3.46. The van der Waals surface area contributed by atoms with Gasteiger partial charge in [-0.25, -0.2) is 8.42 Å². The smallest absolute Gasteiger partial charge is 0.254 e. The van der Waals surface area contributed by atoms with E-state index in [1.807, 2.05) is 30.3 Å². The molecule has 0 bridgehead atoms. The first-order valence-corrected chi connectivity index (χ1v) is 11.1. The summed E-state index contributed by atoms with van der Waals surface area (Å²) in [5.41, 5.74) is 1.54. The van der Waals surface area contributed by atoms with Crippen LogP contribution in [0.4, 0.5) is 0 Å². The third-order valence-corrected chi connectivity index (χ3v) is 7.24. The maximum Gasteiger partial charge on any atom is 0.254 e. The Balaban J connectivity index is 1.47. The summed E-state index contributed by atoms with van der Waals surface area (Å²) in [7, 11) is -3.46. The quantitative estimate of drug-likeness (QED) is 0.791. The Morgan fingerprint density at radius 3 is 2.29 bits per heavy atom. The maximum atomic E-state index is 12.9. The van der Waals surface area contributed by atoms with E-state index in [9.17, 15) is 13.2 Å². The zero-order chi connectivity index (χ0) is 19.6. The van der Waals surface area contributed by atoms with Crippen molar-refractivity contribution in [2.45, 2.75) is 23.8 Å². The summed E-state index contributed by atoms with van der Waals surface area (Å²) in [6.07, 6.45) is 1.65. The fraction of sp³-hybridized carbons (Fsp3) is 0.381. The molecule has 1 atom stereocenters. The molecule has 7 heteroatoms. The average molecular weight is 401 g/mol. The highest BCUT2D eigenvalue weighted by atomic mass is 32.2. The highest BCUT2D eigenvalue weighted by Gasteiger charge is 2.29. The normalized spacial score (nSPS) is 21.0. The minimum absolute atomic E-state index is 0.102. The lowest BCUT2D eigenvalue weighted by atomic mass is 10.1. The van der Waals surface area contributed by atoms with Crippen LogP contribution in [0.1, 0.15) is 34.9 Å². The fourth-order valence-electron chi connectivity index (χ4n) is 3.73. The number of hydrogen-bond donors (Lipinski definition) is 0. The second-order valence-corrected chi connectivity index (χ2v) is 9.09. The molecule has 0 spiro atoms. The molecule has 1 amide bonds. The summed E-state index contributed by atoms with van der Waals surface area (Å²) in [6.45, 7) is 2.62. The van der Waals surface area contributed by atoms with E-state index in [0.29, 0.717) is 38.3 Å². The van der Waals surface area contributed by atoms with Crippen molar-refractivity contribution < 1.29 is 17.9 Å². The lowest BCUT2D eigenvalue weighted by Crippen LogP contribution is -2.42. The number of nitrogens with zero attached hydrogens (tertiary/aromatic N) is 2. The average Bonchev–Trinajstić information content (AvgIpc) is 3.30. The molecule has 0 aromatic heterocycles. The molecule has 2 fully saturated rings. The van der Waals surface area contributed by atoms with Crippen molar-refractivity contribution >= 4 is 15.9 Å². The van der Waals surface area contributed by atoms with Crippen molar-refractivity contribution in [3.8, 4) is 0 Å². The number of morpholine rings is 1. The number of ether oxygens (including phenoxy) is 1. The van der Waals surface area contributed by atoms with Gasteiger partial charge in [-0.1, -0.05) is 30.3 Å². The van der Waals surface area contributed by atoms with E-state index in [0.717, 1.165) is 18.4 Å². The fourth-order valence-corrected chi connectivity index (χ4v) is 5.25. The van der Waals surface area contributed by atoms with E-state index in [-0.39, 0.29) is 16.9 Å². The number of carbonyl (C=O) groups is 1. The van der Waals surface area contributed by atoms with Gasteiger partial charge in [0.1, 0.15) is 6.10 Å². The van der Waals surface area contributed by atoms with Crippen LogP contribution in [0, 0.1) is 0 Å². The molecule has 0 saturated carbocycles. The van der Waals surface area contributed by atoms with Gasteiger partial charge in [0.05, 0.1) is 18.0 Å². The predicted octanol–water partition coefficient (Wildman–Crippen LogP) is 2.68. The molecule has 1 unspecified atom stereocenters. The van der Waals surface area contributed by atoms with Crippen molar-refractivity contribution in [1.82, 2.24) is 9.21 Å². The van der Waals surface area contributed by atoms with Crippen LogP contribution in [0.15, 0.2) is 59.5 Å². The minimum Gasteiger partial charge on any atom is -0.370 e. The summed E-state index contributed by atoms with van der Waals surface area (Å²) >= 11 is 0. The SMILES string of the molecule is O=C(c1ccc(S(=O)(=O)N2CCCC2)cc1)N1CCOC(c2ccccc2)C1. The summed E-state index contributed by atoms with van der Waals surface area (Å²) in [5.74, 6) is -0.102. The number of benzene rings is 2. The summed E-state index contributed by atoms with van der Waals surface area (Å²) in [4.78, 5) is 14.9. The van der Waals surface area contributed by atoms with Crippen LogP contribution < -0.4 is 0 Å². The number of hydrogen-bond acceptors (Lipinski definition) is 4. The summed E-state index contributed by atoms with van der Waals surface area (Å²) in [5, 5.41) is 0. The van der Waals surface area contributed by atoms with Gasteiger partial charge in [-0.3, -0.25) is 4.79 Å². The second kappa shape index (κ2) is 8.03. The third-order valence-electron chi connectivity index (χ3n) is 5.33. The van der Waals surface area contributed by atoms with Gasteiger partial charge in [0, 0.05) is 25.2 Å². The van der Waals surface area contributed by atoms with Crippen LogP contribution in [0.2, 0.25) is 0 Å². The van der Waals surface area contributed by atoms with Gasteiger partial charge < -0.3 is 9.64 Å². The van der Waals surface area contributed by atoms with Gasteiger partial charge in [-0.2, -0.15) is 4.31 Å². The van der Waals surface area contributed by atoms with E-state index >= 15 is 0 Å². The Labute approximate surface area is 165 Å². The molecule has 2 aliphatic rings. The molecule has 6 nitrogen and oxygen atoms in total. The van der Waals surface area contributed by atoms with Crippen LogP contribution in [-0.2, 0) is 14.8 Å².